The van der Waals surface area contributed by atoms with Crippen LogP contribution in [0.3, 0.4) is 0 Å². The fraction of sp³-hybridized carbons (Fsp3) is 0.750. The predicted molar refractivity (Wildman–Crippen MR) is 113 cm³/mol. The van der Waals surface area contributed by atoms with Gasteiger partial charge in [0, 0.05) is 32.7 Å². The molecule has 0 aliphatic carbocycles. The fourth-order valence-electron chi connectivity index (χ4n) is 4.55. The quantitative estimate of drug-likeness (QED) is 0.679. The molecule has 0 unspecified atom stereocenters. The second kappa shape index (κ2) is 9.69. The Morgan fingerprint density at radius 1 is 1.25 bits per heavy atom. The van der Waals surface area contributed by atoms with Gasteiger partial charge in [-0.05, 0) is 55.5 Å². The van der Waals surface area contributed by atoms with Crippen LogP contribution in [-0.4, -0.2) is 62.8 Å². The van der Waals surface area contributed by atoms with Crippen molar-refractivity contribution in [1.29, 1.82) is 0 Å². The molecule has 8 heteroatoms. The predicted octanol–water partition coefficient (Wildman–Crippen LogP) is 2.63. The first-order valence-corrected chi connectivity index (χ1v) is 12.7. The van der Waals surface area contributed by atoms with E-state index in [0.717, 1.165) is 50.7 Å². The number of carbonyl (C=O) groups excluding carboxylic acids is 1. The highest BCUT2D eigenvalue weighted by atomic mass is 32.2. The summed E-state index contributed by atoms with van der Waals surface area (Å²) in [6, 6.07) is 3.38. The van der Waals surface area contributed by atoms with E-state index in [1.807, 2.05) is 0 Å². The van der Waals surface area contributed by atoms with Crippen molar-refractivity contribution >= 4 is 27.3 Å². The summed E-state index contributed by atoms with van der Waals surface area (Å²) >= 11 is 1.23. The van der Waals surface area contributed by atoms with Gasteiger partial charge in [-0.2, -0.15) is 4.31 Å². The van der Waals surface area contributed by atoms with Crippen molar-refractivity contribution in [3.05, 3.63) is 17.5 Å². The molecule has 0 saturated carbocycles. The third-order valence-corrected chi connectivity index (χ3v) is 8.98. The summed E-state index contributed by atoms with van der Waals surface area (Å²) in [4.78, 5) is 15.1. The highest BCUT2D eigenvalue weighted by Gasteiger charge is 2.33. The van der Waals surface area contributed by atoms with Gasteiger partial charge in [-0.3, -0.25) is 4.79 Å². The van der Waals surface area contributed by atoms with Crippen molar-refractivity contribution in [3.8, 4) is 0 Å². The van der Waals surface area contributed by atoms with Crippen molar-refractivity contribution in [1.82, 2.24) is 14.5 Å². The number of piperidine rings is 2. The van der Waals surface area contributed by atoms with Crippen molar-refractivity contribution in [2.24, 2.45) is 17.8 Å². The fourth-order valence-corrected chi connectivity index (χ4v) is 7.21. The van der Waals surface area contributed by atoms with Crippen molar-refractivity contribution in [2.75, 3.05) is 39.3 Å². The number of sulfonamides is 1. The van der Waals surface area contributed by atoms with Crippen LogP contribution in [0.15, 0.2) is 21.7 Å². The Hall–Kier alpha value is -0.960. The van der Waals surface area contributed by atoms with Crippen molar-refractivity contribution in [2.45, 2.75) is 43.7 Å². The Labute approximate surface area is 173 Å². The molecule has 3 heterocycles. The average molecular weight is 428 g/mol. The number of hydrogen-bond donors (Lipinski definition) is 1. The van der Waals surface area contributed by atoms with Crippen LogP contribution in [-0.2, 0) is 14.8 Å². The van der Waals surface area contributed by atoms with E-state index < -0.39 is 10.0 Å². The number of carbonyl (C=O) groups is 1. The molecule has 28 heavy (non-hydrogen) atoms. The van der Waals surface area contributed by atoms with Crippen LogP contribution in [0.25, 0.3) is 0 Å². The number of nitrogens with one attached hydrogen (secondary N) is 1. The van der Waals surface area contributed by atoms with E-state index in [9.17, 15) is 13.2 Å². The molecular weight excluding hydrogens is 394 g/mol. The second-order valence-corrected chi connectivity index (χ2v) is 11.6. The Morgan fingerprint density at radius 3 is 2.68 bits per heavy atom. The van der Waals surface area contributed by atoms with E-state index in [1.165, 1.54) is 22.1 Å². The SMILES string of the molecule is C[C@@H]1C[C@@H](C)CN(CCCNC(=O)[C@H]2CCCN(S(=O)(=O)c3cccs3)C2)C1. The zero-order chi connectivity index (χ0) is 20.1. The molecule has 2 aliphatic heterocycles. The van der Waals surface area contributed by atoms with E-state index in [-0.39, 0.29) is 18.4 Å². The highest BCUT2D eigenvalue weighted by Crippen LogP contribution is 2.26. The molecule has 1 N–H and O–H groups in total. The largest absolute Gasteiger partial charge is 0.356 e. The minimum Gasteiger partial charge on any atom is -0.356 e. The summed E-state index contributed by atoms with van der Waals surface area (Å²) in [7, 11) is -3.47. The number of hydrogen-bond acceptors (Lipinski definition) is 5. The molecule has 0 radical (unpaired) electrons. The topological polar surface area (TPSA) is 69.7 Å². The summed E-state index contributed by atoms with van der Waals surface area (Å²) in [6.45, 7) is 9.37. The van der Waals surface area contributed by atoms with Gasteiger partial charge in [0.2, 0.25) is 5.91 Å². The zero-order valence-electron chi connectivity index (χ0n) is 17.0. The number of rotatable bonds is 7. The Kier molecular flexibility index (Phi) is 7.53. The molecule has 0 aromatic carbocycles. The van der Waals surface area contributed by atoms with Crippen molar-refractivity contribution in [3.63, 3.8) is 0 Å². The first kappa shape index (κ1) is 21.7. The molecule has 1 amide bonds. The number of likely N-dealkylation sites (tertiary alicyclic amines) is 1. The van der Waals surface area contributed by atoms with Gasteiger partial charge in [0.1, 0.15) is 4.21 Å². The van der Waals surface area contributed by atoms with Crippen LogP contribution in [0.2, 0.25) is 0 Å². The number of amides is 1. The molecule has 0 spiro atoms. The lowest BCUT2D eigenvalue weighted by atomic mass is 9.92. The van der Waals surface area contributed by atoms with Gasteiger partial charge in [-0.15, -0.1) is 11.3 Å². The van der Waals surface area contributed by atoms with Gasteiger partial charge in [-0.1, -0.05) is 19.9 Å². The first-order valence-electron chi connectivity index (χ1n) is 10.4. The molecule has 3 atom stereocenters. The van der Waals surface area contributed by atoms with E-state index in [4.69, 9.17) is 0 Å². The Balaban J connectivity index is 1.43. The Bertz CT molecular complexity index is 726. The third-order valence-electron chi connectivity index (χ3n) is 5.74. The van der Waals surface area contributed by atoms with Gasteiger partial charge in [0.05, 0.1) is 5.92 Å². The van der Waals surface area contributed by atoms with Crippen LogP contribution in [0.4, 0.5) is 0 Å². The number of thiophene rings is 1. The van der Waals surface area contributed by atoms with Crippen LogP contribution in [0.1, 0.15) is 39.5 Å². The van der Waals surface area contributed by atoms with E-state index >= 15 is 0 Å². The van der Waals surface area contributed by atoms with Gasteiger partial charge in [0.15, 0.2) is 0 Å². The third kappa shape index (κ3) is 5.55. The standard InChI is InChI=1S/C20H33N3O3S2/c1-16-12-17(2)14-22(13-16)9-5-8-21-20(24)18-6-3-10-23(15-18)28(25,26)19-7-4-11-27-19/h4,7,11,16-18H,3,5-6,8-10,12-15H2,1-2H3,(H,21,24)/t16-,17-,18+/m1/s1. The summed E-state index contributed by atoms with van der Waals surface area (Å²) in [5.41, 5.74) is 0. The number of nitrogens with zero attached hydrogens (tertiary/aromatic N) is 2. The van der Waals surface area contributed by atoms with Crippen LogP contribution >= 0.6 is 11.3 Å². The highest BCUT2D eigenvalue weighted by molar-refractivity contribution is 7.91. The summed E-state index contributed by atoms with van der Waals surface area (Å²) < 4.78 is 27.2. The lowest BCUT2D eigenvalue weighted by Gasteiger charge is -2.35. The summed E-state index contributed by atoms with van der Waals surface area (Å²) in [5, 5.41) is 4.81. The maximum atomic E-state index is 12.7. The summed E-state index contributed by atoms with van der Waals surface area (Å²) in [6.07, 6.45) is 3.73. The van der Waals surface area contributed by atoms with Crippen molar-refractivity contribution < 1.29 is 13.2 Å². The smallest absolute Gasteiger partial charge is 0.252 e. The zero-order valence-corrected chi connectivity index (χ0v) is 18.6. The van der Waals surface area contributed by atoms with Gasteiger partial charge >= 0.3 is 0 Å². The maximum Gasteiger partial charge on any atom is 0.252 e. The first-order chi connectivity index (χ1) is 13.4. The van der Waals surface area contributed by atoms with Gasteiger partial charge in [0.25, 0.3) is 10.0 Å². The molecule has 6 nitrogen and oxygen atoms in total. The van der Waals surface area contributed by atoms with Crippen LogP contribution < -0.4 is 5.32 Å². The lowest BCUT2D eigenvalue weighted by Crippen LogP contribution is -2.45. The van der Waals surface area contributed by atoms with E-state index in [1.54, 1.807) is 17.5 Å². The molecule has 3 rings (SSSR count). The minimum atomic E-state index is -3.47. The van der Waals surface area contributed by atoms with Gasteiger partial charge in [-0.25, -0.2) is 8.42 Å². The maximum absolute atomic E-state index is 12.7. The molecule has 0 bridgehead atoms. The molecular formula is C20H33N3O3S2. The van der Waals surface area contributed by atoms with E-state index in [0.29, 0.717) is 17.3 Å². The average Bonchev–Trinajstić information content (AvgIpc) is 3.20. The molecule has 1 aromatic rings. The van der Waals surface area contributed by atoms with Gasteiger partial charge < -0.3 is 10.2 Å². The molecule has 2 saturated heterocycles. The monoisotopic (exact) mass is 427 g/mol. The lowest BCUT2D eigenvalue weighted by molar-refractivity contribution is -0.126. The van der Waals surface area contributed by atoms with Crippen LogP contribution in [0, 0.1) is 17.8 Å². The normalized spacial score (nSPS) is 27.6. The Morgan fingerprint density at radius 2 is 2.00 bits per heavy atom. The van der Waals surface area contributed by atoms with Crippen LogP contribution in [0.5, 0.6) is 0 Å². The molecule has 2 fully saturated rings. The minimum absolute atomic E-state index is 0.00791. The second-order valence-electron chi connectivity index (χ2n) is 8.48. The molecule has 158 valence electrons. The van der Waals surface area contributed by atoms with E-state index in [2.05, 4.69) is 24.1 Å². The molecule has 1 aromatic heterocycles. The summed E-state index contributed by atoms with van der Waals surface area (Å²) in [5.74, 6) is 1.23. The molecule has 2 aliphatic rings.